The monoisotopic (exact) mass is 289 g/mol. The number of furan rings is 1. The molecule has 0 unspecified atom stereocenters. The Kier molecular flexibility index (Phi) is 4.62. The smallest absolute Gasteiger partial charge is 0.273 e. The van der Waals surface area contributed by atoms with Crippen molar-refractivity contribution in [2.45, 2.75) is 43.5 Å². The normalized spacial score (nSPS) is 24.5. The number of rotatable bonds is 5. The van der Waals surface area contributed by atoms with Crippen molar-refractivity contribution < 1.29 is 23.0 Å². The van der Waals surface area contributed by atoms with E-state index in [1.807, 2.05) is 0 Å². The van der Waals surface area contributed by atoms with Crippen LogP contribution in [0.3, 0.4) is 0 Å². The third-order valence-corrected chi connectivity index (χ3v) is 4.73. The summed E-state index contributed by atoms with van der Waals surface area (Å²) < 4.78 is 31.4. The van der Waals surface area contributed by atoms with Crippen LogP contribution in [-0.4, -0.2) is 31.3 Å². The van der Waals surface area contributed by atoms with Gasteiger partial charge in [0.05, 0.1) is 6.10 Å². The molecule has 2 rings (SSSR count). The molecule has 1 aromatic heterocycles. The minimum absolute atomic E-state index is 0.174. The lowest BCUT2D eigenvalue weighted by atomic mass is 9.88. The second-order valence-corrected chi connectivity index (χ2v) is 6.60. The highest BCUT2D eigenvalue weighted by atomic mass is 32.2. The molecule has 1 heterocycles. The summed E-state index contributed by atoms with van der Waals surface area (Å²) >= 11 is 0. The van der Waals surface area contributed by atoms with Gasteiger partial charge in [0.25, 0.3) is 10.0 Å². The van der Waals surface area contributed by atoms with Gasteiger partial charge in [-0.2, -0.15) is 0 Å². The Morgan fingerprint density at radius 3 is 2.53 bits per heavy atom. The highest BCUT2D eigenvalue weighted by Crippen LogP contribution is 2.24. The van der Waals surface area contributed by atoms with Crippen LogP contribution in [0.15, 0.2) is 21.6 Å². The predicted molar refractivity (Wildman–Crippen MR) is 67.8 cm³/mol. The molecular formula is C12H19NO5S. The summed E-state index contributed by atoms with van der Waals surface area (Å²) in [7, 11) is -3.65. The number of hydrogen-bond donors (Lipinski definition) is 3. The van der Waals surface area contributed by atoms with E-state index in [0.717, 1.165) is 25.7 Å². The fraction of sp³-hybridized carbons (Fsp3) is 0.667. The summed E-state index contributed by atoms with van der Waals surface area (Å²) in [4.78, 5) is 0. The summed E-state index contributed by atoms with van der Waals surface area (Å²) in [5, 5.41) is 18.1. The Labute approximate surface area is 112 Å². The van der Waals surface area contributed by atoms with E-state index in [-0.39, 0.29) is 29.5 Å². The maximum Gasteiger partial charge on any atom is 0.273 e. The van der Waals surface area contributed by atoms with E-state index >= 15 is 0 Å². The van der Waals surface area contributed by atoms with Gasteiger partial charge in [0, 0.05) is 6.54 Å². The van der Waals surface area contributed by atoms with E-state index in [1.165, 1.54) is 12.1 Å². The van der Waals surface area contributed by atoms with Crippen LogP contribution in [0.1, 0.15) is 31.4 Å². The first-order chi connectivity index (χ1) is 9.01. The van der Waals surface area contributed by atoms with Crippen LogP contribution in [0.5, 0.6) is 0 Å². The van der Waals surface area contributed by atoms with E-state index in [0.29, 0.717) is 6.54 Å². The van der Waals surface area contributed by atoms with Crippen molar-refractivity contribution in [1.82, 2.24) is 4.72 Å². The van der Waals surface area contributed by atoms with Gasteiger partial charge in [-0.1, -0.05) is 0 Å². The summed E-state index contributed by atoms with van der Waals surface area (Å²) in [5.74, 6) is 0.478. The molecule has 19 heavy (non-hydrogen) atoms. The third-order valence-electron chi connectivity index (χ3n) is 3.44. The fourth-order valence-electron chi connectivity index (χ4n) is 2.24. The molecule has 0 spiro atoms. The van der Waals surface area contributed by atoms with Crippen molar-refractivity contribution in [3.8, 4) is 0 Å². The van der Waals surface area contributed by atoms with Crippen molar-refractivity contribution >= 4 is 10.0 Å². The van der Waals surface area contributed by atoms with Gasteiger partial charge in [-0.3, -0.25) is 0 Å². The van der Waals surface area contributed by atoms with Crippen LogP contribution in [-0.2, 0) is 16.6 Å². The molecule has 1 aliphatic rings. The maximum absolute atomic E-state index is 11.9. The third kappa shape index (κ3) is 3.79. The molecule has 0 aliphatic heterocycles. The molecule has 1 saturated carbocycles. The molecule has 0 atom stereocenters. The minimum Gasteiger partial charge on any atom is -0.446 e. The number of aliphatic hydroxyl groups is 2. The van der Waals surface area contributed by atoms with Gasteiger partial charge in [-0.15, -0.1) is 0 Å². The Balaban J connectivity index is 1.90. The van der Waals surface area contributed by atoms with Crippen LogP contribution in [0.4, 0.5) is 0 Å². The molecule has 108 valence electrons. The fourth-order valence-corrected chi connectivity index (χ4v) is 3.30. The largest absolute Gasteiger partial charge is 0.446 e. The zero-order chi connectivity index (χ0) is 13.9. The second-order valence-electron chi connectivity index (χ2n) is 4.91. The molecule has 6 nitrogen and oxygen atoms in total. The summed E-state index contributed by atoms with van der Waals surface area (Å²) in [6.45, 7) is 0.0280. The van der Waals surface area contributed by atoms with Gasteiger partial charge >= 0.3 is 0 Å². The van der Waals surface area contributed by atoms with Crippen molar-refractivity contribution in [2.24, 2.45) is 5.92 Å². The number of sulfonamides is 1. The van der Waals surface area contributed by atoms with E-state index in [4.69, 9.17) is 9.52 Å². The van der Waals surface area contributed by atoms with Gasteiger partial charge in [0.2, 0.25) is 5.09 Å². The Morgan fingerprint density at radius 1 is 1.26 bits per heavy atom. The molecule has 3 N–H and O–H groups in total. The lowest BCUT2D eigenvalue weighted by molar-refractivity contribution is 0.109. The molecule has 7 heteroatoms. The molecule has 0 amide bonds. The molecule has 0 radical (unpaired) electrons. The molecule has 1 aliphatic carbocycles. The van der Waals surface area contributed by atoms with E-state index in [2.05, 4.69) is 4.72 Å². The topological polar surface area (TPSA) is 99.8 Å². The number of hydrogen-bond acceptors (Lipinski definition) is 5. The van der Waals surface area contributed by atoms with E-state index in [1.54, 1.807) is 0 Å². The first-order valence-corrected chi connectivity index (χ1v) is 7.87. The zero-order valence-electron chi connectivity index (χ0n) is 10.6. The first kappa shape index (κ1) is 14.5. The van der Waals surface area contributed by atoms with Gasteiger partial charge in [0.1, 0.15) is 12.4 Å². The average molecular weight is 289 g/mol. The number of aliphatic hydroxyl groups excluding tert-OH is 2. The van der Waals surface area contributed by atoms with Crippen molar-refractivity contribution in [1.29, 1.82) is 0 Å². The van der Waals surface area contributed by atoms with Gasteiger partial charge in [-0.25, -0.2) is 13.1 Å². The predicted octanol–water partition coefficient (Wildman–Crippen LogP) is 0.601. The van der Waals surface area contributed by atoms with Crippen LogP contribution in [0, 0.1) is 5.92 Å². The summed E-state index contributed by atoms with van der Waals surface area (Å²) in [6.07, 6.45) is 2.85. The Morgan fingerprint density at radius 2 is 1.95 bits per heavy atom. The molecule has 1 fully saturated rings. The van der Waals surface area contributed by atoms with Crippen LogP contribution in [0.2, 0.25) is 0 Å². The quantitative estimate of drug-likeness (QED) is 0.737. The SMILES string of the molecule is O=S(=O)(NCC1CCC(O)CC1)c1ccc(CO)o1. The highest BCUT2D eigenvalue weighted by Gasteiger charge is 2.23. The van der Waals surface area contributed by atoms with E-state index in [9.17, 15) is 13.5 Å². The number of nitrogens with one attached hydrogen (secondary N) is 1. The van der Waals surface area contributed by atoms with Gasteiger partial charge < -0.3 is 14.6 Å². The van der Waals surface area contributed by atoms with Gasteiger partial charge in [0.15, 0.2) is 0 Å². The maximum atomic E-state index is 11.9. The second kappa shape index (κ2) is 6.04. The zero-order valence-corrected chi connectivity index (χ0v) is 11.4. The minimum atomic E-state index is -3.65. The highest BCUT2D eigenvalue weighted by molar-refractivity contribution is 7.89. The van der Waals surface area contributed by atoms with Crippen molar-refractivity contribution in [3.05, 3.63) is 17.9 Å². The average Bonchev–Trinajstić information content (AvgIpc) is 2.88. The van der Waals surface area contributed by atoms with E-state index < -0.39 is 10.0 Å². The lowest BCUT2D eigenvalue weighted by Gasteiger charge is -2.25. The Bertz CT molecular complexity index is 502. The van der Waals surface area contributed by atoms with Crippen LogP contribution >= 0.6 is 0 Å². The van der Waals surface area contributed by atoms with Crippen molar-refractivity contribution in [2.75, 3.05) is 6.54 Å². The van der Waals surface area contributed by atoms with Gasteiger partial charge in [-0.05, 0) is 43.7 Å². The first-order valence-electron chi connectivity index (χ1n) is 6.38. The molecular weight excluding hydrogens is 270 g/mol. The van der Waals surface area contributed by atoms with Crippen LogP contribution < -0.4 is 4.72 Å². The lowest BCUT2D eigenvalue weighted by Crippen LogP contribution is -2.32. The molecule has 1 aromatic rings. The molecule has 0 bridgehead atoms. The standard InChI is InChI=1S/C12H19NO5S/c14-8-11-5-6-12(18-11)19(16,17)13-7-9-1-3-10(15)4-2-9/h5-6,9-10,13-15H,1-4,7-8H2. The molecule has 0 saturated heterocycles. The summed E-state index contributed by atoms with van der Waals surface area (Å²) in [5.41, 5.74) is 0. The van der Waals surface area contributed by atoms with Crippen molar-refractivity contribution in [3.63, 3.8) is 0 Å². The summed E-state index contributed by atoms with van der Waals surface area (Å²) in [6, 6.07) is 2.77. The molecule has 0 aromatic carbocycles. The van der Waals surface area contributed by atoms with Crippen LogP contribution in [0.25, 0.3) is 0 Å². The Hall–Kier alpha value is -0.890.